The van der Waals surface area contributed by atoms with Gasteiger partial charge in [0.2, 0.25) is 0 Å². The third-order valence-electron chi connectivity index (χ3n) is 12.1. The Morgan fingerprint density at radius 2 is 0.912 bits per heavy atom. The molecule has 0 fully saturated rings. The van der Waals surface area contributed by atoms with Crippen LogP contribution >= 0.6 is 11.3 Å². The van der Waals surface area contributed by atoms with Crippen molar-refractivity contribution in [2.45, 2.75) is 19.3 Å². The summed E-state index contributed by atoms with van der Waals surface area (Å²) >= 11 is 1.86. The molecule has 1 aliphatic carbocycles. The van der Waals surface area contributed by atoms with Crippen molar-refractivity contribution in [1.82, 2.24) is 0 Å². The zero-order chi connectivity index (χ0) is 38.1. The minimum Gasteiger partial charge on any atom is -0.310 e. The van der Waals surface area contributed by atoms with E-state index in [0.29, 0.717) is 0 Å². The first-order chi connectivity index (χ1) is 28.0. The lowest BCUT2D eigenvalue weighted by Gasteiger charge is -2.26. The van der Waals surface area contributed by atoms with Crippen LogP contribution in [0.1, 0.15) is 25.0 Å². The molecule has 10 aromatic rings. The fourth-order valence-corrected chi connectivity index (χ4v) is 10.3. The highest BCUT2D eigenvalue weighted by Gasteiger charge is 2.35. The SMILES string of the molecule is CC1(C)c2ccccc2-c2ccc(-c3ccc(N(c4ccc(-c5cccc(-c6cccc7ccccc67)c5)cc4)c4ccc5c(c4)sc4ccccc45)cc3)cc21. The first kappa shape index (κ1) is 33.6. The molecule has 0 radical (unpaired) electrons. The van der Waals surface area contributed by atoms with Crippen LogP contribution in [0, 0.1) is 0 Å². The molecule has 270 valence electrons. The van der Waals surface area contributed by atoms with Gasteiger partial charge in [-0.05, 0) is 121 Å². The van der Waals surface area contributed by atoms with Crippen molar-refractivity contribution in [3.8, 4) is 44.5 Å². The molecule has 1 nitrogen and oxygen atoms in total. The molecule has 0 amide bonds. The van der Waals surface area contributed by atoms with Crippen LogP contribution in [0.3, 0.4) is 0 Å². The molecule has 0 saturated carbocycles. The quantitative estimate of drug-likeness (QED) is 0.164. The number of fused-ring (bicyclic) bond motifs is 7. The number of anilines is 3. The lowest BCUT2D eigenvalue weighted by molar-refractivity contribution is 0.660. The summed E-state index contributed by atoms with van der Waals surface area (Å²) in [5.74, 6) is 0. The third-order valence-corrected chi connectivity index (χ3v) is 13.2. The largest absolute Gasteiger partial charge is 0.310 e. The Morgan fingerprint density at radius 1 is 0.351 bits per heavy atom. The Morgan fingerprint density at radius 3 is 1.72 bits per heavy atom. The maximum absolute atomic E-state index is 2.41. The summed E-state index contributed by atoms with van der Waals surface area (Å²) in [4.78, 5) is 2.40. The molecule has 1 heterocycles. The molecule has 0 unspecified atom stereocenters. The van der Waals surface area contributed by atoms with Crippen molar-refractivity contribution in [3.63, 3.8) is 0 Å². The zero-order valence-electron chi connectivity index (χ0n) is 31.9. The maximum atomic E-state index is 2.41. The second kappa shape index (κ2) is 13.2. The van der Waals surface area contributed by atoms with Gasteiger partial charge in [0.15, 0.2) is 0 Å². The van der Waals surface area contributed by atoms with Gasteiger partial charge < -0.3 is 4.90 Å². The second-order valence-electron chi connectivity index (χ2n) is 15.7. The van der Waals surface area contributed by atoms with Gasteiger partial charge in [0.25, 0.3) is 0 Å². The topological polar surface area (TPSA) is 3.24 Å². The van der Waals surface area contributed by atoms with E-state index in [1.54, 1.807) is 0 Å². The fraction of sp³-hybridized carbons (Fsp3) is 0.0545. The average Bonchev–Trinajstić information content (AvgIpc) is 3.75. The molecular weight excluding hydrogens is 707 g/mol. The predicted octanol–water partition coefficient (Wildman–Crippen LogP) is 16.0. The summed E-state index contributed by atoms with van der Waals surface area (Å²) in [5, 5.41) is 5.15. The monoisotopic (exact) mass is 745 g/mol. The number of nitrogens with zero attached hydrogens (tertiary/aromatic N) is 1. The van der Waals surface area contributed by atoms with Crippen LogP contribution in [0.2, 0.25) is 0 Å². The Hall–Kier alpha value is -6.74. The Kier molecular flexibility index (Phi) is 7.77. The highest BCUT2D eigenvalue weighted by molar-refractivity contribution is 7.25. The summed E-state index contributed by atoms with van der Waals surface area (Å²) < 4.78 is 2.61. The number of hydrogen-bond acceptors (Lipinski definition) is 2. The first-order valence-electron chi connectivity index (χ1n) is 19.7. The molecule has 1 aromatic heterocycles. The lowest BCUT2D eigenvalue weighted by atomic mass is 9.81. The number of rotatable bonds is 6. The number of benzene rings is 9. The van der Waals surface area contributed by atoms with E-state index in [2.05, 4.69) is 219 Å². The second-order valence-corrected chi connectivity index (χ2v) is 16.8. The van der Waals surface area contributed by atoms with E-state index in [9.17, 15) is 0 Å². The van der Waals surface area contributed by atoms with Crippen molar-refractivity contribution in [1.29, 1.82) is 0 Å². The van der Waals surface area contributed by atoms with Crippen LogP contribution in [-0.2, 0) is 5.41 Å². The Labute approximate surface area is 337 Å². The standard InChI is InChI=1S/C55H39NS/c1-55(2)51-19-7-5-16-47(51)48-31-25-40(34-52(48)55)37-23-28-43(29-24-37)56(44-30-32-50-49-17-6-8-20-53(49)57-54(50)35-44)42-26-21-36(22-27-42)39-13-9-14-41(33-39)46-18-10-12-38-11-3-4-15-45(38)46/h3-35H,1-2H3. The molecule has 0 bridgehead atoms. The van der Waals surface area contributed by atoms with Crippen molar-refractivity contribution in [2.24, 2.45) is 0 Å². The zero-order valence-corrected chi connectivity index (χ0v) is 32.7. The van der Waals surface area contributed by atoms with Crippen LogP contribution in [-0.4, -0.2) is 0 Å². The molecule has 1 aliphatic rings. The lowest BCUT2D eigenvalue weighted by Crippen LogP contribution is -2.14. The van der Waals surface area contributed by atoms with E-state index in [1.165, 1.54) is 86.6 Å². The molecule has 0 spiro atoms. The number of hydrogen-bond donors (Lipinski definition) is 0. The highest BCUT2D eigenvalue weighted by atomic mass is 32.1. The van der Waals surface area contributed by atoms with Crippen LogP contribution in [0.25, 0.3) is 75.5 Å². The van der Waals surface area contributed by atoms with E-state index in [-0.39, 0.29) is 5.41 Å². The fourth-order valence-electron chi connectivity index (χ4n) is 9.13. The Balaban J connectivity index is 0.974. The van der Waals surface area contributed by atoms with Crippen LogP contribution in [0.4, 0.5) is 17.1 Å². The van der Waals surface area contributed by atoms with E-state index < -0.39 is 0 Å². The number of thiophene rings is 1. The molecule has 0 N–H and O–H groups in total. The van der Waals surface area contributed by atoms with Gasteiger partial charge in [0.05, 0.1) is 0 Å². The molecular formula is C55H39NS. The van der Waals surface area contributed by atoms with Gasteiger partial charge in [-0.1, -0.05) is 159 Å². The molecule has 0 saturated heterocycles. The molecule has 0 aliphatic heterocycles. The van der Waals surface area contributed by atoms with Crippen molar-refractivity contribution >= 4 is 59.3 Å². The van der Waals surface area contributed by atoms with Crippen LogP contribution < -0.4 is 4.90 Å². The van der Waals surface area contributed by atoms with Gasteiger partial charge in [-0.3, -0.25) is 0 Å². The van der Waals surface area contributed by atoms with Crippen molar-refractivity contribution in [3.05, 3.63) is 211 Å². The van der Waals surface area contributed by atoms with Gasteiger partial charge in [0.1, 0.15) is 0 Å². The minimum absolute atomic E-state index is 0.0344. The summed E-state index contributed by atoms with van der Waals surface area (Å²) in [6.07, 6.45) is 0. The summed E-state index contributed by atoms with van der Waals surface area (Å²) in [6, 6.07) is 73.8. The minimum atomic E-state index is -0.0344. The summed E-state index contributed by atoms with van der Waals surface area (Å²) in [7, 11) is 0. The van der Waals surface area contributed by atoms with E-state index in [4.69, 9.17) is 0 Å². The first-order valence-corrected chi connectivity index (χ1v) is 20.6. The average molecular weight is 746 g/mol. The Bertz CT molecular complexity index is 3140. The highest BCUT2D eigenvalue weighted by Crippen LogP contribution is 2.50. The maximum Gasteiger partial charge on any atom is 0.0476 e. The van der Waals surface area contributed by atoms with Gasteiger partial charge >= 0.3 is 0 Å². The normalized spacial score (nSPS) is 12.9. The molecule has 0 atom stereocenters. The van der Waals surface area contributed by atoms with Gasteiger partial charge in [-0.15, -0.1) is 11.3 Å². The molecule has 11 rings (SSSR count). The van der Waals surface area contributed by atoms with Crippen LogP contribution in [0.15, 0.2) is 200 Å². The van der Waals surface area contributed by atoms with Crippen molar-refractivity contribution < 1.29 is 0 Å². The van der Waals surface area contributed by atoms with Crippen molar-refractivity contribution in [2.75, 3.05) is 4.90 Å². The van der Waals surface area contributed by atoms with E-state index in [1.807, 2.05) is 11.3 Å². The summed E-state index contributed by atoms with van der Waals surface area (Å²) in [6.45, 7) is 4.70. The van der Waals surface area contributed by atoms with Gasteiger partial charge in [0, 0.05) is 42.6 Å². The summed E-state index contributed by atoms with van der Waals surface area (Å²) in [5.41, 5.74) is 16.2. The smallest absolute Gasteiger partial charge is 0.0476 e. The van der Waals surface area contributed by atoms with Gasteiger partial charge in [-0.25, -0.2) is 0 Å². The van der Waals surface area contributed by atoms with E-state index in [0.717, 1.165) is 17.1 Å². The van der Waals surface area contributed by atoms with E-state index >= 15 is 0 Å². The third kappa shape index (κ3) is 5.59. The molecule has 2 heteroatoms. The predicted molar refractivity (Wildman–Crippen MR) is 245 cm³/mol. The van der Waals surface area contributed by atoms with Gasteiger partial charge in [-0.2, -0.15) is 0 Å². The molecule has 57 heavy (non-hydrogen) atoms. The van der Waals surface area contributed by atoms with Crippen LogP contribution in [0.5, 0.6) is 0 Å². The molecule has 9 aromatic carbocycles.